The fourth-order valence-electron chi connectivity index (χ4n) is 2.16. The third-order valence-corrected chi connectivity index (χ3v) is 4.92. The van der Waals surface area contributed by atoms with E-state index in [1.54, 1.807) is 42.8 Å². The number of hydrogen-bond donors (Lipinski definition) is 1. The molecule has 3 rings (SSSR count). The second-order valence-electron chi connectivity index (χ2n) is 5.48. The maximum atomic E-state index is 13.1. The largest absolute Gasteiger partial charge is 0.310 e. The zero-order valence-electron chi connectivity index (χ0n) is 14.0. The average molecular weight is 392 g/mol. The van der Waals surface area contributed by atoms with Gasteiger partial charge in [-0.3, -0.25) is 4.79 Å². The molecule has 0 fully saturated rings. The molecule has 1 aromatic carbocycles. The number of hydrogen-bond acceptors (Lipinski definition) is 5. The molecule has 0 aliphatic rings. The zero-order chi connectivity index (χ0) is 18.7. The Kier molecular flexibility index (Phi) is 5.53. The van der Waals surface area contributed by atoms with Gasteiger partial charge in [-0.1, -0.05) is 23.4 Å². The van der Waals surface area contributed by atoms with Crippen LogP contribution in [-0.2, 0) is 11.8 Å². The van der Waals surface area contributed by atoms with E-state index in [1.165, 1.54) is 30.1 Å². The summed E-state index contributed by atoms with van der Waals surface area (Å²) in [4.78, 5) is 16.4. The summed E-state index contributed by atoms with van der Waals surface area (Å²) in [6, 6.07) is 9.29. The topological polar surface area (TPSA) is 72.7 Å². The van der Waals surface area contributed by atoms with Crippen molar-refractivity contribution in [3.05, 3.63) is 53.4 Å². The summed E-state index contributed by atoms with van der Waals surface area (Å²) in [5.41, 5.74) is 0.746. The normalized spacial score (nSPS) is 12.0. The highest BCUT2D eigenvalue weighted by Crippen LogP contribution is 2.26. The monoisotopic (exact) mass is 391 g/mol. The van der Waals surface area contributed by atoms with Gasteiger partial charge in [-0.2, -0.15) is 0 Å². The van der Waals surface area contributed by atoms with Crippen molar-refractivity contribution in [2.45, 2.75) is 17.3 Å². The second-order valence-corrected chi connectivity index (χ2v) is 7.23. The van der Waals surface area contributed by atoms with Gasteiger partial charge in [0.15, 0.2) is 11.0 Å². The highest BCUT2D eigenvalue weighted by atomic mass is 35.5. The summed E-state index contributed by atoms with van der Waals surface area (Å²) in [7, 11) is 1.80. The summed E-state index contributed by atoms with van der Waals surface area (Å²) in [5.74, 6) is 0.499. The number of amides is 1. The van der Waals surface area contributed by atoms with Crippen molar-refractivity contribution in [2.75, 3.05) is 5.32 Å². The Labute approximate surface area is 158 Å². The van der Waals surface area contributed by atoms with E-state index in [-0.39, 0.29) is 11.7 Å². The highest BCUT2D eigenvalue weighted by molar-refractivity contribution is 8.00. The molecule has 6 nitrogen and oxygen atoms in total. The first kappa shape index (κ1) is 18.3. The minimum atomic E-state index is -0.420. The Morgan fingerprint density at radius 1 is 1.23 bits per heavy atom. The maximum absolute atomic E-state index is 13.1. The van der Waals surface area contributed by atoms with Gasteiger partial charge < -0.3 is 9.88 Å². The minimum Gasteiger partial charge on any atom is -0.310 e. The number of nitrogens with one attached hydrogen (secondary N) is 1. The van der Waals surface area contributed by atoms with Crippen LogP contribution < -0.4 is 5.32 Å². The van der Waals surface area contributed by atoms with Gasteiger partial charge in [0, 0.05) is 18.8 Å². The first-order valence-electron chi connectivity index (χ1n) is 7.68. The summed E-state index contributed by atoms with van der Waals surface area (Å²) < 4.78 is 14.8. The number of benzene rings is 1. The van der Waals surface area contributed by atoms with Crippen LogP contribution in [0.25, 0.3) is 11.4 Å². The van der Waals surface area contributed by atoms with Crippen LogP contribution >= 0.6 is 23.4 Å². The molecule has 0 spiro atoms. The predicted octanol–water partition coefficient (Wildman–Crippen LogP) is 3.79. The molecule has 1 N–H and O–H groups in total. The van der Waals surface area contributed by atoms with Crippen LogP contribution in [0.2, 0.25) is 5.02 Å². The molecule has 0 aliphatic heterocycles. The van der Waals surface area contributed by atoms with Crippen molar-refractivity contribution in [3.8, 4) is 11.4 Å². The SMILES string of the molecule is CC(Sc1nnc(-c2ccc(F)cc2)n1C)C(=O)Nc1ccc(Cl)cn1. The molecule has 0 radical (unpaired) electrons. The van der Waals surface area contributed by atoms with Crippen molar-refractivity contribution in [2.24, 2.45) is 7.05 Å². The van der Waals surface area contributed by atoms with Gasteiger partial charge in [0.2, 0.25) is 5.91 Å². The molecule has 1 atom stereocenters. The van der Waals surface area contributed by atoms with Crippen LogP contribution in [0.1, 0.15) is 6.92 Å². The third kappa shape index (κ3) is 4.20. The molecule has 2 aromatic heterocycles. The quantitative estimate of drug-likeness (QED) is 0.670. The standard InChI is InChI=1S/C17H15ClFN5OS/c1-10(16(25)21-14-8-5-12(18)9-20-14)26-17-23-22-15(24(17)2)11-3-6-13(19)7-4-11/h3-10H,1-2H3,(H,20,21,25). The molecule has 0 saturated heterocycles. The lowest BCUT2D eigenvalue weighted by Crippen LogP contribution is -2.23. The van der Waals surface area contributed by atoms with E-state index in [2.05, 4.69) is 20.5 Å². The smallest absolute Gasteiger partial charge is 0.238 e. The van der Waals surface area contributed by atoms with E-state index in [0.29, 0.717) is 21.8 Å². The Bertz CT molecular complexity index is 914. The summed E-state index contributed by atoms with van der Waals surface area (Å²) >= 11 is 7.05. The molecule has 2 heterocycles. The number of anilines is 1. The van der Waals surface area contributed by atoms with Crippen molar-refractivity contribution >= 4 is 35.1 Å². The number of carbonyl (C=O) groups is 1. The Hall–Kier alpha value is -2.45. The van der Waals surface area contributed by atoms with Crippen LogP contribution in [0.4, 0.5) is 10.2 Å². The van der Waals surface area contributed by atoms with E-state index < -0.39 is 5.25 Å². The minimum absolute atomic E-state index is 0.212. The molecule has 1 amide bonds. The van der Waals surface area contributed by atoms with E-state index in [4.69, 9.17) is 11.6 Å². The van der Waals surface area contributed by atoms with Crippen LogP contribution in [-0.4, -0.2) is 30.9 Å². The van der Waals surface area contributed by atoms with E-state index in [9.17, 15) is 9.18 Å². The molecule has 1 unspecified atom stereocenters. The van der Waals surface area contributed by atoms with E-state index >= 15 is 0 Å². The molecule has 0 bridgehead atoms. The van der Waals surface area contributed by atoms with Gasteiger partial charge >= 0.3 is 0 Å². The molecule has 3 aromatic rings. The maximum Gasteiger partial charge on any atom is 0.238 e. The van der Waals surface area contributed by atoms with Gasteiger partial charge in [0.25, 0.3) is 0 Å². The first-order valence-corrected chi connectivity index (χ1v) is 8.94. The van der Waals surface area contributed by atoms with Crippen molar-refractivity contribution in [3.63, 3.8) is 0 Å². The number of pyridine rings is 1. The number of rotatable bonds is 5. The number of halogens is 2. The van der Waals surface area contributed by atoms with Gasteiger partial charge in [-0.25, -0.2) is 9.37 Å². The number of thioether (sulfide) groups is 1. The lowest BCUT2D eigenvalue weighted by atomic mass is 10.2. The molecule has 0 aliphatic carbocycles. The van der Waals surface area contributed by atoms with Gasteiger partial charge in [0.05, 0.1) is 10.3 Å². The summed E-state index contributed by atoms with van der Waals surface area (Å²) in [5, 5.41) is 11.6. The molecular formula is C17H15ClFN5OS. The number of nitrogens with zero attached hydrogens (tertiary/aromatic N) is 4. The zero-order valence-corrected chi connectivity index (χ0v) is 15.6. The summed E-state index contributed by atoms with van der Waals surface area (Å²) in [6.07, 6.45) is 1.46. The Morgan fingerprint density at radius 2 is 1.96 bits per heavy atom. The lowest BCUT2D eigenvalue weighted by Gasteiger charge is -2.11. The van der Waals surface area contributed by atoms with Crippen molar-refractivity contribution in [1.82, 2.24) is 19.7 Å². The van der Waals surface area contributed by atoms with Crippen LogP contribution in [0.3, 0.4) is 0 Å². The molecule has 0 saturated carbocycles. The summed E-state index contributed by atoms with van der Waals surface area (Å²) in [6.45, 7) is 1.77. The molecule has 134 valence electrons. The number of aromatic nitrogens is 4. The Balaban J connectivity index is 1.69. The van der Waals surface area contributed by atoms with Gasteiger partial charge in [0.1, 0.15) is 11.6 Å². The molecular weight excluding hydrogens is 377 g/mol. The average Bonchev–Trinajstić information content (AvgIpc) is 2.98. The first-order chi connectivity index (χ1) is 12.4. The second kappa shape index (κ2) is 7.84. The van der Waals surface area contributed by atoms with Crippen molar-refractivity contribution in [1.29, 1.82) is 0 Å². The van der Waals surface area contributed by atoms with E-state index in [1.807, 2.05) is 0 Å². The van der Waals surface area contributed by atoms with Crippen LogP contribution in [0.5, 0.6) is 0 Å². The highest BCUT2D eigenvalue weighted by Gasteiger charge is 2.19. The Morgan fingerprint density at radius 3 is 2.62 bits per heavy atom. The van der Waals surface area contributed by atoms with Gasteiger partial charge in [-0.05, 0) is 43.3 Å². The lowest BCUT2D eigenvalue weighted by molar-refractivity contribution is -0.115. The van der Waals surface area contributed by atoms with E-state index in [0.717, 1.165) is 5.56 Å². The molecule has 26 heavy (non-hydrogen) atoms. The number of carbonyl (C=O) groups excluding carboxylic acids is 1. The third-order valence-electron chi connectivity index (χ3n) is 3.57. The van der Waals surface area contributed by atoms with Crippen LogP contribution in [0.15, 0.2) is 47.8 Å². The van der Waals surface area contributed by atoms with Crippen molar-refractivity contribution < 1.29 is 9.18 Å². The predicted molar refractivity (Wildman–Crippen MR) is 99.6 cm³/mol. The fraction of sp³-hybridized carbons (Fsp3) is 0.176. The fourth-order valence-corrected chi connectivity index (χ4v) is 3.08. The van der Waals surface area contributed by atoms with Crippen LogP contribution in [0, 0.1) is 5.82 Å². The van der Waals surface area contributed by atoms with Gasteiger partial charge in [-0.15, -0.1) is 10.2 Å². The molecule has 9 heteroatoms.